The van der Waals surface area contributed by atoms with E-state index in [0.29, 0.717) is 5.92 Å². The van der Waals surface area contributed by atoms with E-state index < -0.39 is 17.6 Å². The Hall–Kier alpha value is 0.194. The van der Waals surface area contributed by atoms with Gasteiger partial charge in [0.2, 0.25) is 0 Å². The first kappa shape index (κ1) is 27.2. The van der Waals surface area contributed by atoms with E-state index in [9.17, 15) is 0 Å². The predicted molar refractivity (Wildman–Crippen MR) is 114 cm³/mol. The van der Waals surface area contributed by atoms with Crippen LogP contribution in [0.15, 0.2) is 0 Å². The van der Waals surface area contributed by atoms with Gasteiger partial charge in [0.15, 0.2) is 0 Å². The number of hydrogen-bond acceptors (Lipinski definition) is 6. The molecular formula is C19H44O6Si2. The van der Waals surface area contributed by atoms with Gasteiger partial charge in [0.1, 0.15) is 0 Å². The van der Waals surface area contributed by atoms with Crippen LogP contribution in [-0.2, 0) is 26.6 Å². The van der Waals surface area contributed by atoms with Crippen LogP contribution in [0.25, 0.3) is 0 Å². The highest BCUT2D eigenvalue weighted by Gasteiger charge is 2.44. The van der Waals surface area contributed by atoms with Crippen LogP contribution in [-0.4, -0.2) is 60.3 Å². The van der Waals surface area contributed by atoms with Crippen LogP contribution in [0, 0.1) is 16.7 Å². The van der Waals surface area contributed by atoms with Crippen LogP contribution in [0.4, 0.5) is 0 Å². The maximum absolute atomic E-state index is 5.64. The summed E-state index contributed by atoms with van der Waals surface area (Å²) in [6, 6.07) is 1.58. The zero-order valence-corrected chi connectivity index (χ0v) is 21.6. The highest BCUT2D eigenvalue weighted by Crippen LogP contribution is 2.44. The standard InChI is InChI=1S/C19H44O6Si2/c1-18(2,3)16-19(4,5)17(12-14-26(20-6,21-7)22-8)13-15-27(23-9,24-10)25-11/h17H,12-16H2,1-11H3. The molecule has 6 nitrogen and oxygen atoms in total. The summed E-state index contributed by atoms with van der Waals surface area (Å²) >= 11 is 0. The molecule has 0 radical (unpaired) electrons. The van der Waals surface area contributed by atoms with Crippen molar-refractivity contribution in [2.24, 2.45) is 16.7 Å². The molecule has 0 N–H and O–H groups in total. The minimum absolute atomic E-state index is 0.142. The van der Waals surface area contributed by atoms with Gasteiger partial charge in [-0.3, -0.25) is 0 Å². The molecule has 0 aliphatic carbocycles. The molecule has 0 bridgehead atoms. The Labute approximate surface area is 169 Å². The van der Waals surface area contributed by atoms with Gasteiger partial charge in [-0.1, -0.05) is 34.6 Å². The molecule has 0 aromatic heterocycles. The summed E-state index contributed by atoms with van der Waals surface area (Å²) in [5.41, 5.74) is 0.390. The molecule has 0 fully saturated rings. The van der Waals surface area contributed by atoms with E-state index in [1.807, 2.05) is 0 Å². The topological polar surface area (TPSA) is 55.4 Å². The van der Waals surface area contributed by atoms with Gasteiger partial charge in [0.25, 0.3) is 0 Å². The first-order valence-corrected chi connectivity index (χ1v) is 13.6. The lowest BCUT2D eigenvalue weighted by atomic mass is 9.67. The molecular weight excluding hydrogens is 380 g/mol. The van der Waals surface area contributed by atoms with E-state index in [-0.39, 0.29) is 10.8 Å². The van der Waals surface area contributed by atoms with Crippen LogP contribution in [0.5, 0.6) is 0 Å². The molecule has 0 saturated carbocycles. The van der Waals surface area contributed by atoms with Gasteiger partial charge in [-0.25, -0.2) is 0 Å². The monoisotopic (exact) mass is 424 g/mol. The third-order valence-corrected chi connectivity index (χ3v) is 11.1. The predicted octanol–water partition coefficient (Wildman–Crippen LogP) is 4.60. The van der Waals surface area contributed by atoms with E-state index >= 15 is 0 Å². The molecule has 0 spiro atoms. The zero-order valence-electron chi connectivity index (χ0n) is 19.6. The third-order valence-electron chi connectivity index (χ3n) is 5.56. The van der Waals surface area contributed by atoms with Crippen LogP contribution in [0.1, 0.15) is 53.9 Å². The highest BCUT2D eigenvalue weighted by molar-refractivity contribution is 6.61. The van der Waals surface area contributed by atoms with Crippen molar-refractivity contribution < 1.29 is 26.6 Å². The second kappa shape index (κ2) is 11.4. The fraction of sp³-hybridized carbons (Fsp3) is 1.00. The minimum Gasteiger partial charge on any atom is -0.377 e. The van der Waals surface area contributed by atoms with Crippen molar-refractivity contribution in [3.8, 4) is 0 Å². The maximum atomic E-state index is 5.64. The summed E-state index contributed by atoms with van der Waals surface area (Å²) in [5, 5.41) is 0. The summed E-state index contributed by atoms with van der Waals surface area (Å²) in [5.74, 6) is 0.441. The van der Waals surface area contributed by atoms with Crippen LogP contribution < -0.4 is 0 Å². The molecule has 0 saturated heterocycles. The molecule has 0 atom stereocenters. The lowest BCUT2D eigenvalue weighted by Gasteiger charge is -2.41. The molecule has 0 amide bonds. The van der Waals surface area contributed by atoms with E-state index in [4.69, 9.17) is 26.6 Å². The molecule has 0 unspecified atom stereocenters. The summed E-state index contributed by atoms with van der Waals surface area (Å²) in [6.45, 7) is 11.6. The molecule has 0 aromatic carbocycles. The van der Waals surface area contributed by atoms with Crippen molar-refractivity contribution in [3.05, 3.63) is 0 Å². The highest BCUT2D eigenvalue weighted by atomic mass is 28.4. The largest absolute Gasteiger partial charge is 0.500 e. The van der Waals surface area contributed by atoms with Gasteiger partial charge in [0, 0.05) is 54.7 Å². The Kier molecular flexibility index (Phi) is 11.5. The summed E-state index contributed by atoms with van der Waals surface area (Å²) in [6.07, 6.45) is 3.05. The molecule has 0 aliphatic heterocycles. The van der Waals surface area contributed by atoms with Gasteiger partial charge < -0.3 is 26.6 Å². The molecule has 0 aromatic rings. The van der Waals surface area contributed by atoms with E-state index in [1.165, 1.54) is 0 Å². The Morgan fingerprint density at radius 2 is 0.889 bits per heavy atom. The summed E-state index contributed by atoms with van der Waals surface area (Å²) in [7, 11) is 4.84. The third kappa shape index (κ3) is 8.61. The van der Waals surface area contributed by atoms with Crippen molar-refractivity contribution in [2.75, 3.05) is 42.7 Å². The molecule has 8 heteroatoms. The summed E-state index contributed by atoms with van der Waals surface area (Å²) < 4.78 is 33.8. The Balaban J connectivity index is 5.44. The van der Waals surface area contributed by atoms with Crippen molar-refractivity contribution in [1.82, 2.24) is 0 Å². The second-order valence-corrected chi connectivity index (χ2v) is 15.3. The Bertz CT molecular complexity index is 363. The number of rotatable bonds is 14. The van der Waals surface area contributed by atoms with Gasteiger partial charge in [-0.05, 0) is 36.0 Å². The van der Waals surface area contributed by atoms with Crippen LogP contribution in [0.2, 0.25) is 12.1 Å². The first-order valence-electron chi connectivity index (χ1n) is 9.69. The average molecular weight is 425 g/mol. The van der Waals surface area contributed by atoms with Crippen molar-refractivity contribution >= 4 is 17.6 Å². The van der Waals surface area contributed by atoms with Gasteiger partial charge in [0.05, 0.1) is 0 Å². The van der Waals surface area contributed by atoms with E-state index in [0.717, 1.165) is 31.4 Å². The van der Waals surface area contributed by atoms with Gasteiger partial charge in [-0.2, -0.15) is 0 Å². The molecule has 0 heterocycles. The fourth-order valence-electron chi connectivity index (χ4n) is 4.25. The van der Waals surface area contributed by atoms with Crippen molar-refractivity contribution in [1.29, 1.82) is 0 Å². The van der Waals surface area contributed by atoms with Crippen LogP contribution >= 0.6 is 0 Å². The normalized spacial score (nSPS) is 14.2. The second-order valence-electron chi connectivity index (χ2n) is 9.09. The Morgan fingerprint density at radius 1 is 0.593 bits per heavy atom. The van der Waals surface area contributed by atoms with Gasteiger partial charge >= 0.3 is 17.6 Å². The zero-order chi connectivity index (χ0) is 21.4. The van der Waals surface area contributed by atoms with E-state index in [2.05, 4.69) is 34.6 Å². The van der Waals surface area contributed by atoms with E-state index in [1.54, 1.807) is 42.7 Å². The maximum Gasteiger partial charge on any atom is 0.500 e. The molecule has 27 heavy (non-hydrogen) atoms. The Morgan fingerprint density at radius 3 is 1.11 bits per heavy atom. The quantitative estimate of drug-likeness (QED) is 0.380. The smallest absolute Gasteiger partial charge is 0.377 e. The molecule has 0 rings (SSSR count). The number of hydrogen-bond donors (Lipinski definition) is 0. The van der Waals surface area contributed by atoms with Gasteiger partial charge in [-0.15, -0.1) is 0 Å². The average Bonchev–Trinajstić information content (AvgIpc) is 2.60. The lowest BCUT2D eigenvalue weighted by Crippen LogP contribution is -2.45. The first-order chi connectivity index (χ1) is 12.4. The van der Waals surface area contributed by atoms with Crippen LogP contribution in [0.3, 0.4) is 0 Å². The lowest BCUT2D eigenvalue weighted by molar-refractivity contribution is 0.0905. The molecule has 0 aliphatic rings. The summed E-state index contributed by atoms with van der Waals surface area (Å²) in [4.78, 5) is 0. The van der Waals surface area contributed by atoms with Crippen molar-refractivity contribution in [2.45, 2.75) is 66.0 Å². The molecule has 164 valence electrons. The SMILES string of the molecule is CO[Si](CCC(CC[Si](OC)(OC)OC)C(C)(C)CC(C)(C)C)(OC)OC. The van der Waals surface area contributed by atoms with Crippen molar-refractivity contribution in [3.63, 3.8) is 0 Å². The fourth-order valence-corrected chi connectivity index (χ4v) is 7.88. The minimum atomic E-state index is -2.60.